The number of nitrogens with one attached hydrogen (secondary N) is 1. The molecule has 1 aromatic carbocycles. The number of piperidine rings is 1. The van der Waals surface area contributed by atoms with Crippen LogP contribution in [-0.4, -0.2) is 40.5 Å². The minimum absolute atomic E-state index is 0.103. The molecule has 0 saturated carbocycles. The van der Waals surface area contributed by atoms with E-state index in [4.69, 9.17) is 9.72 Å². The van der Waals surface area contributed by atoms with E-state index in [9.17, 15) is 9.59 Å². The van der Waals surface area contributed by atoms with E-state index >= 15 is 0 Å². The summed E-state index contributed by atoms with van der Waals surface area (Å²) in [5.74, 6) is 0.413. The van der Waals surface area contributed by atoms with Gasteiger partial charge in [-0.25, -0.2) is 4.98 Å². The summed E-state index contributed by atoms with van der Waals surface area (Å²) < 4.78 is 5.18. The van der Waals surface area contributed by atoms with Gasteiger partial charge in [0.2, 0.25) is 0 Å². The van der Waals surface area contributed by atoms with E-state index in [2.05, 4.69) is 41.1 Å². The van der Waals surface area contributed by atoms with Gasteiger partial charge in [-0.3, -0.25) is 14.5 Å². The Kier molecular flexibility index (Phi) is 6.01. The number of hydrogen-bond donors (Lipinski definition) is 1. The molecule has 0 bridgehead atoms. The van der Waals surface area contributed by atoms with Crippen LogP contribution in [0.5, 0.6) is 0 Å². The number of likely N-dealkylation sites (tertiary alicyclic amines) is 1. The molecular weight excluding hydrogens is 398 g/mol. The van der Waals surface area contributed by atoms with Crippen molar-refractivity contribution >= 4 is 27.5 Å². The molecule has 0 amide bonds. The molecule has 0 unspecified atom stereocenters. The highest BCUT2D eigenvalue weighted by Crippen LogP contribution is 2.35. The quantitative estimate of drug-likeness (QED) is 0.625. The van der Waals surface area contributed by atoms with Gasteiger partial charge in [-0.05, 0) is 45.7 Å². The SMILES string of the molecule is CCOC(=O)[C@H]1CCCN(Cc2nc3sc(C)c(-c4ccc(C)cc4)c3c(=O)[nH]2)C1. The van der Waals surface area contributed by atoms with Crippen molar-refractivity contribution < 1.29 is 9.53 Å². The number of aromatic nitrogens is 2. The number of carbonyl (C=O) groups is 1. The highest BCUT2D eigenvalue weighted by atomic mass is 32.1. The summed E-state index contributed by atoms with van der Waals surface area (Å²) in [4.78, 5) is 36.9. The number of rotatable bonds is 5. The van der Waals surface area contributed by atoms with Crippen molar-refractivity contribution in [2.24, 2.45) is 5.92 Å². The number of carbonyl (C=O) groups excluding carboxylic acids is 1. The summed E-state index contributed by atoms with van der Waals surface area (Å²) in [6.07, 6.45) is 1.79. The number of thiophene rings is 1. The van der Waals surface area contributed by atoms with E-state index in [0.717, 1.165) is 40.2 Å². The molecular formula is C23H27N3O3S. The number of esters is 1. The van der Waals surface area contributed by atoms with Gasteiger partial charge in [0.1, 0.15) is 10.7 Å². The number of nitrogens with zero attached hydrogens (tertiary/aromatic N) is 2. The topological polar surface area (TPSA) is 75.3 Å². The third-order valence-electron chi connectivity index (χ3n) is 5.63. The predicted octanol–water partition coefficient (Wildman–Crippen LogP) is 4.04. The van der Waals surface area contributed by atoms with Crippen LogP contribution < -0.4 is 5.56 Å². The van der Waals surface area contributed by atoms with Gasteiger partial charge in [0.05, 0.1) is 24.5 Å². The second-order valence-corrected chi connectivity index (χ2v) is 9.12. The van der Waals surface area contributed by atoms with Gasteiger partial charge in [0.15, 0.2) is 0 Å². The van der Waals surface area contributed by atoms with Gasteiger partial charge in [-0.15, -0.1) is 11.3 Å². The van der Waals surface area contributed by atoms with Crippen molar-refractivity contribution in [2.75, 3.05) is 19.7 Å². The van der Waals surface area contributed by atoms with E-state index < -0.39 is 0 Å². The average Bonchev–Trinajstić information content (AvgIpc) is 3.05. The fourth-order valence-electron chi connectivity index (χ4n) is 4.17. The fourth-order valence-corrected chi connectivity index (χ4v) is 5.23. The van der Waals surface area contributed by atoms with Crippen molar-refractivity contribution in [3.8, 4) is 11.1 Å². The van der Waals surface area contributed by atoms with Crippen LogP contribution >= 0.6 is 11.3 Å². The zero-order valence-electron chi connectivity index (χ0n) is 17.7. The highest BCUT2D eigenvalue weighted by molar-refractivity contribution is 7.19. The number of ether oxygens (including phenoxy) is 1. The van der Waals surface area contributed by atoms with Crippen LogP contribution in [0.1, 0.15) is 36.0 Å². The molecule has 0 radical (unpaired) electrons. The first-order valence-electron chi connectivity index (χ1n) is 10.4. The number of aryl methyl sites for hydroxylation is 2. The first-order chi connectivity index (χ1) is 14.5. The van der Waals surface area contributed by atoms with Gasteiger partial charge < -0.3 is 9.72 Å². The molecule has 1 aliphatic rings. The smallest absolute Gasteiger partial charge is 0.310 e. The summed E-state index contributed by atoms with van der Waals surface area (Å²) in [7, 11) is 0. The maximum Gasteiger partial charge on any atom is 0.310 e. The summed E-state index contributed by atoms with van der Waals surface area (Å²) in [5, 5.41) is 0.660. The minimum atomic E-state index is -0.129. The summed E-state index contributed by atoms with van der Waals surface area (Å²) in [6, 6.07) is 8.23. The van der Waals surface area contributed by atoms with Crippen LogP contribution in [0.15, 0.2) is 29.1 Å². The molecule has 2 aromatic heterocycles. The van der Waals surface area contributed by atoms with E-state index in [-0.39, 0.29) is 17.4 Å². The zero-order valence-corrected chi connectivity index (χ0v) is 18.5. The molecule has 3 heterocycles. The summed E-state index contributed by atoms with van der Waals surface area (Å²) >= 11 is 1.56. The number of fused-ring (bicyclic) bond motifs is 1. The molecule has 30 heavy (non-hydrogen) atoms. The molecule has 3 aromatic rings. The molecule has 0 aliphatic carbocycles. The van der Waals surface area contributed by atoms with E-state index in [1.807, 2.05) is 13.8 Å². The number of H-pyrrole nitrogens is 1. The minimum Gasteiger partial charge on any atom is -0.466 e. The Labute approximate surface area is 179 Å². The molecule has 7 heteroatoms. The highest BCUT2D eigenvalue weighted by Gasteiger charge is 2.27. The third-order valence-corrected chi connectivity index (χ3v) is 6.63. The third kappa shape index (κ3) is 4.18. The Hall–Kier alpha value is -2.51. The maximum absolute atomic E-state index is 13.0. The van der Waals surface area contributed by atoms with Crippen molar-refractivity contribution in [1.29, 1.82) is 0 Å². The number of benzene rings is 1. The average molecular weight is 426 g/mol. The number of aromatic amines is 1. The molecule has 1 atom stereocenters. The lowest BCUT2D eigenvalue weighted by Crippen LogP contribution is -2.39. The molecule has 1 saturated heterocycles. The summed E-state index contributed by atoms with van der Waals surface area (Å²) in [6.45, 7) is 8.37. The Morgan fingerprint density at radius 3 is 2.80 bits per heavy atom. The number of hydrogen-bond acceptors (Lipinski definition) is 6. The molecule has 1 aliphatic heterocycles. The van der Waals surface area contributed by atoms with Crippen LogP contribution in [0.2, 0.25) is 0 Å². The molecule has 1 N–H and O–H groups in total. The Morgan fingerprint density at radius 2 is 2.07 bits per heavy atom. The lowest BCUT2D eigenvalue weighted by atomic mass is 9.98. The Morgan fingerprint density at radius 1 is 1.30 bits per heavy atom. The van der Waals surface area contributed by atoms with E-state index in [1.165, 1.54) is 5.56 Å². The lowest BCUT2D eigenvalue weighted by Gasteiger charge is -2.30. The Bertz CT molecular complexity index is 1120. The second-order valence-electron chi connectivity index (χ2n) is 7.92. The molecule has 0 spiro atoms. The van der Waals surface area contributed by atoms with Crippen LogP contribution in [0.4, 0.5) is 0 Å². The van der Waals surface area contributed by atoms with Gasteiger partial charge in [0.25, 0.3) is 5.56 Å². The van der Waals surface area contributed by atoms with Gasteiger partial charge in [-0.2, -0.15) is 0 Å². The maximum atomic E-state index is 13.0. The van der Waals surface area contributed by atoms with Crippen molar-refractivity contribution in [3.05, 3.63) is 50.9 Å². The predicted molar refractivity (Wildman–Crippen MR) is 120 cm³/mol. The zero-order chi connectivity index (χ0) is 21.3. The largest absolute Gasteiger partial charge is 0.466 e. The van der Waals surface area contributed by atoms with Gasteiger partial charge >= 0.3 is 5.97 Å². The summed E-state index contributed by atoms with van der Waals surface area (Å²) in [5.41, 5.74) is 3.09. The Balaban J connectivity index is 1.60. The van der Waals surface area contributed by atoms with E-state index in [1.54, 1.807) is 11.3 Å². The van der Waals surface area contributed by atoms with Crippen molar-refractivity contribution in [3.63, 3.8) is 0 Å². The molecule has 1 fully saturated rings. The first-order valence-corrected chi connectivity index (χ1v) is 11.3. The normalized spacial score (nSPS) is 17.4. The van der Waals surface area contributed by atoms with Crippen LogP contribution in [0.25, 0.3) is 21.3 Å². The monoisotopic (exact) mass is 425 g/mol. The fraction of sp³-hybridized carbons (Fsp3) is 0.435. The van der Waals surface area contributed by atoms with Crippen LogP contribution in [-0.2, 0) is 16.1 Å². The molecule has 158 valence electrons. The van der Waals surface area contributed by atoms with E-state index in [0.29, 0.717) is 30.9 Å². The lowest BCUT2D eigenvalue weighted by molar-refractivity contribution is -0.150. The second kappa shape index (κ2) is 8.70. The van der Waals surface area contributed by atoms with Gasteiger partial charge in [-0.1, -0.05) is 29.8 Å². The van der Waals surface area contributed by atoms with Crippen molar-refractivity contribution in [2.45, 2.75) is 40.2 Å². The molecule has 4 rings (SSSR count). The molecule has 6 nitrogen and oxygen atoms in total. The standard InChI is InChI=1S/C23H27N3O3S/c1-4-29-23(28)17-6-5-11-26(12-17)13-18-24-21(27)20-19(15(3)30-22(20)25-18)16-9-7-14(2)8-10-16/h7-10,17H,4-6,11-13H2,1-3H3,(H,24,25,27)/t17-/m0/s1. The van der Waals surface area contributed by atoms with Gasteiger partial charge in [0, 0.05) is 17.0 Å². The van der Waals surface area contributed by atoms with Crippen molar-refractivity contribution in [1.82, 2.24) is 14.9 Å². The van der Waals surface area contributed by atoms with Crippen LogP contribution in [0, 0.1) is 19.8 Å². The first kappa shape index (κ1) is 20.8. The van der Waals surface area contributed by atoms with Crippen LogP contribution in [0.3, 0.4) is 0 Å².